The summed E-state index contributed by atoms with van der Waals surface area (Å²) in [6.45, 7) is 5.25. The van der Waals surface area contributed by atoms with Gasteiger partial charge in [-0.2, -0.15) is 13.2 Å². The van der Waals surface area contributed by atoms with E-state index in [-0.39, 0.29) is 17.1 Å². The Balaban J connectivity index is 2.88. The van der Waals surface area contributed by atoms with Crippen LogP contribution in [0.15, 0.2) is 6.07 Å². The minimum absolute atomic E-state index is 0.0807. The number of anilines is 2. The van der Waals surface area contributed by atoms with Crippen LogP contribution in [0.1, 0.15) is 19.7 Å². The normalized spacial score (nSPS) is 12.6. The molecular formula is C12H21F3N6. The molecule has 9 heteroatoms. The van der Waals surface area contributed by atoms with Gasteiger partial charge in [0, 0.05) is 19.2 Å². The lowest BCUT2D eigenvalue weighted by Gasteiger charge is -2.28. The fourth-order valence-corrected chi connectivity index (χ4v) is 1.98. The molecule has 120 valence electrons. The Labute approximate surface area is 121 Å². The van der Waals surface area contributed by atoms with Gasteiger partial charge in [0.2, 0.25) is 5.82 Å². The number of alkyl halides is 3. The highest BCUT2D eigenvalue weighted by Crippen LogP contribution is 2.28. The smallest absolute Gasteiger partial charge is 0.369 e. The largest absolute Gasteiger partial charge is 0.451 e. The molecule has 0 amide bonds. The summed E-state index contributed by atoms with van der Waals surface area (Å²) in [4.78, 5) is 8.78. The molecule has 0 spiro atoms. The van der Waals surface area contributed by atoms with Crippen LogP contribution in [0, 0.1) is 5.41 Å². The molecule has 0 unspecified atom stereocenters. The molecule has 0 saturated heterocycles. The molecule has 1 heterocycles. The van der Waals surface area contributed by atoms with Gasteiger partial charge in [0.15, 0.2) is 0 Å². The molecule has 0 aliphatic carbocycles. The molecule has 0 atom stereocenters. The van der Waals surface area contributed by atoms with Crippen LogP contribution in [0.2, 0.25) is 0 Å². The summed E-state index contributed by atoms with van der Waals surface area (Å²) in [5, 5.41) is 2.90. The van der Waals surface area contributed by atoms with Crippen LogP contribution in [0.25, 0.3) is 0 Å². The van der Waals surface area contributed by atoms with E-state index in [0.717, 1.165) is 6.54 Å². The quantitative estimate of drug-likeness (QED) is 0.549. The highest BCUT2D eigenvalue weighted by Gasteiger charge is 2.35. The zero-order valence-electron chi connectivity index (χ0n) is 12.5. The Kier molecular flexibility index (Phi) is 5.35. The SMILES string of the molecule is CN(C)CC(C)(C)CNc1cc(NN)nc(C(F)(F)F)n1. The first-order valence-corrected chi connectivity index (χ1v) is 6.35. The average Bonchev–Trinajstić information content (AvgIpc) is 2.33. The zero-order chi connectivity index (χ0) is 16.3. The van der Waals surface area contributed by atoms with Crippen molar-refractivity contribution in [1.82, 2.24) is 14.9 Å². The molecule has 1 aromatic heterocycles. The Hall–Kier alpha value is -1.61. The fourth-order valence-electron chi connectivity index (χ4n) is 1.98. The predicted octanol–water partition coefficient (Wildman–Crippen LogP) is 1.78. The monoisotopic (exact) mass is 306 g/mol. The highest BCUT2D eigenvalue weighted by atomic mass is 19.4. The van der Waals surface area contributed by atoms with Crippen molar-refractivity contribution in [3.05, 3.63) is 11.9 Å². The van der Waals surface area contributed by atoms with E-state index in [1.807, 2.05) is 32.8 Å². The molecule has 0 saturated carbocycles. The molecule has 0 aromatic carbocycles. The molecule has 6 nitrogen and oxygen atoms in total. The van der Waals surface area contributed by atoms with Crippen molar-refractivity contribution in [3.8, 4) is 0 Å². The minimum atomic E-state index is -4.62. The van der Waals surface area contributed by atoms with Gasteiger partial charge in [0.05, 0.1) is 0 Å². The zero-order valence-corrected chi connectivity index (χ0v) is 12.5. The van der Waals surface area contributed by atoms with Crippen LogP contribution in [0.4, 0.5) is 24.8 Å². The molecule has 0 fully saturated rings. The molecule has 1 rings (SSSR count). The van der Waals surface area contributed by atoms with Crippen molar-refractivity contribution in [3.63, 3.8) is 0 Å². The third-order valence-corrected chi connectivity index (χ3v) is 2.62. The van der Waals surface area contributed by atoms with Crippen molar-refractivity contribution in [1.29, 1.82) is 0 Å². The minimum Gasteiger partial charge on any atom is -0.369 e. The van der Waals surface area contributed by atoms with E-state index in [1.165, 1.54) is 6.07 Å². The maximum absolute atomic E-state index is 12.7. The fraction of sp³-hybridized carbons (Fsp3) is 0.667. The number of halogens is 3. The number of hydrazine groups is 1. The van der Waals surface area contributed by atoms with Crippen molar-refractivity contribution < 1.29 is 13.2 Å². The first-order chi connectivity index (χ1) is 9.53. The van der Waals surface area contributed by atoms with Crippen molar-refractivity contribution >= 4 is 11.6 Å². The number of hydrogen-bond acceptors (Lipinski definition) is 6. The Bertz CT molecular complexity index is 473. The lowest BCUT2D eigenvalue weighted by molar-refractivity contribution is -0.144. The second kappa shape index (κ2) is 6.44. The van der Waals surface area contributed by atoms with Crippen molar-refractivity contribution in [2.45, 2.75) is 20.0 Å². The lowest BCUT2D eigenvalue weighted by atomic mass is 9.93. The predicted molar refractivity (Wildman–Crippen MR) is 75.7 cm³/mol. The van der Waals surface area contributed by atoms with Crippen LogP contribution >= 0.6 is 0 Å². The van der Waals surface area contributed by atoms with E-state index >= 15 is 0 Å². The van der Waals surface area contributed by atoms with E-state index in [0.29, 0.717) is 6.54 Å². The van der Waals surface area contributed by atoms with E-state index < -0.39 is 12.0 Å². The van der Waals surface area contributed by atoms with Crippen LogP contribution in [0.3, 0.4) is 0 Å². The van der Waals surface area contributed by atoms with Gasteiger partial charge in [-0.3, -0.25) is 0 Å². The Morgan fingerprint density at radius 2 is 1.76 bits per heavy atom. The number of nitrogen functional groups attached to an aromatic ring is 1. The molecule has 0 radical (unpaired) electrons. The summed E-state index contributed by atoms with van der Waals surface area (Å²) >= 11 is 0. The summed E-state index contributed by atoms with van der Waals surface area (Å²) in [5.74, 6) is 3.89. The lowest BCUT2D eigenvalue weighted by Crippen LogP contribution is -2.34. The number of hydrogen-bond donors (Lipinski definition) is 3. The highest BCUT2D eigenvalue weighted by molar-refractivity contribution is 5.47. The molecule has 0 bridgehead atoms. The van der Waals surface area contributed by atoms with E-state index in [9.17, 15) is 13.2 Å². The summed E-state index contributed by atoms with van der Waals surface area (Å²) in [6, 6.07) is 1.33. The van der Waals surface area contributed by atoms with Crippen LogP contribution in [-0.2, 0) is 6.18 Å². The van der Waals surface area contributed by atoms with E-state index in [4.69, 9.17) is 5.84 Å². The topological polar surface area (TPSA) is 79.1 Å². The van der Waals surface area contributed by atoms with E-state index in [1.54, 1.807) is 0 Å². The number of nitrogens with two attached hydrogens (primary N) is 1. The standard InChI is InChI=1S/C12H21F3N6/c1-11(2,7-21(3)4)6-17-8-5-9(20-16)19-10(18-8)12(13,14)15/h5H,6-7,16H2,1-4H3,(H2,17,18,19,20). The second-order valence-corrected chi connectivity index (χ2v) is 5.86. The maximum Gasteiger partial charge on any atom is 0.451 e. The third kappa shape index (κ3) is 5.72. The molecule has 1 aromatic rings. The van der Waals surface area contributed by atoms with Gasteiger partial charge in [-0.15, -0.1) is 0 Å². The van der Waals surface area contributed by atoms with Gasteiger partial charge in [0.25, 0.3) is 0 Å². The molecule has 0 aliphatic rings. The van der Waals surface area contributed by atoms with Crippen LogP contribution in [0.5, 0.6) is 0 Å². The second-order valence-electron chi connectivity index (χ2n) is 5.86. The maximum atomic E-state index is 12.7. The number of aromatic nitrogens is 2. The summed E-state index contributed by atoms with van der Waals surface area (Å²) in [6.07, 6.45) is -4.62. The summed E-state index contributed by atoms with van der Waals surface area (Å²) in [7, 11) is 3.87. The third-order valence-electron chi connectivity index (χ3n) is 2.62. The van der Waals surface area contributed by atoms with Gasteiger partial charge in [-0.1, -0.05) is 13.8 Å². The number of nitrogens with zero attached hydrogens (tertiary/aromatic N) is 3. The molecule has 0 aliphatic heterocycles. The van der Waals surface area contributed by atoms with Crippen LogP contribution in [-0.4, -0.2) is 42.1 Å². The van der Waals surface area contributed by atoms with Crippen molar-refractivity contribution in [2.24, 2.45) is 11.3 Å². The molecular weight excluding hydrogens is 285 g/mol. The Morgan fingerprint density at radius 3 is 2.24 bits per heavy atom. The Morgan fingerprint density at radius 1 is 1.19 bits per heavy atom. The number of rotatable bonds is 6. The van der Waals surface area contributed by atoms with Gasteiger partial charge in [0.1, 0.15) is 11.6 Å². The number of nitrogens with one attached hydrogen (secondary N) is 2. The van der Waals surface area contributed by atoms with Gasteiger partial charge < -0.3 is 15.6 Å². The summed E-state index contributed by atoms with van der Waals surface area (Å²) in [5.41, 5.74) is 1.97. The van der Waals surface area contributed by atoms with Crippen molar-refractivity contribution in [2.75, 3.05) is 37.9 Å². The van der Waals surface area contributed by atoms with Crippen LogP contribution < -0.4 is 16.6 Å². The van der Waals surface area contributed by atoms with Gasteiger partial charge in [-0.25, -0.2) is 15.8 Å². The average molecular weight is 306 g/mol. The van der Waals surface area contributed by atoms with E-state index in [2.05, 4.69) is 20.7 Å². The molecule has 21 heavy (non-hydrogen) atoms. The van der Waals surface area contributed by atoms with Gasteiger partial charge >= 0.3 is 6.18 Å². The molecule has 4 N–H and O–H groups in total. The van der Waals surface area contributed by atoms with Gasteiger partial charge in [-0.05, 0) is 19.5 Å². The first-order valence-electron chi connectivity index (χ1n) is 6.35. The first kappa shape index (κ1) is 17.4. The summed E-state index contributed by atoms with van der Waals surface area (Å²) < 4.78 is 38.1.